The monoisotopic (exact) mass is 589 g/mol. The first-order valence-electron chi connectivity index (χ1n) is 13.8. The van der Waals surface area contributed by atoms with Gasteiger partial charge in [0, 0.05) is 36.3 Å². The Balaban J connectivity index is 1.33. The van der Waals surface area contributed by atoms with Crippen molar-refractivity contribution in [2.75, 3.05) is 25.0 Å². The van der Waals surface area contributed by atoms with E-state index in [2.05, 4.69) is 66.5 Å². The van der Waals surface area contributed by atoms with E-state index in [1.807, 2.05) is 24.3 Å². The van der Waals surface area contributed by atoms with Gasteiger partial charge in [0.25, 0.3) is 0 Å². The minimum absolute atomic E-state index is 0.0221. The first-order valence-corrected chi connectivity index (χ1v) is 14.6. The van der Waals surface area contributed by atoms with E-state index in [0.717, 1.165) is 54.7 Å². The summed E-state index contributed by atoms with van der Waals surface area (Å²) >= 11 is 12.8. The molecule has 210 valence electrons. The number of anilines is 2. The molecule has 6 rings (SSSR count). The van der Waals surface area contributed by atoms with E-state index in [-0.39, 0.29) is 10.9 Å². The van der Waals surface area contributed by atoms with Crippen LogP contribution in [0.3, 0.4) is 0 Å². The highest BCUT2D eigenvalue weighted by Crippen LogP contribution is 2.34. The fourth-order valence-corrected chi connectivity index (χ4v) is 6.02. The molecular weight excluding hydrogens is 560 g/mol. The summed E-state index contributed by atoms with van der Waals surface area (Å²) in [5.41, 5.74) is 4.33. The molecule has 7 nitrogen and oxygen atoms in total. The second kappa shape index (κ2) is 12.1. The van der Waals surface area contributed by atoms with Crippen molar-refractivity contribution in [2.45, 2.75) is 38.1 Å². The molecule has 41 heavy (non-hydrogen) atoms. The van der Waals surface area contributed by atoms with Crippen molar-refractivity contribution in [3.05, 3.63) is 106 Å². The molecule has 0 aliphatic carbocycles. The predicted octanol–water partition coefficient (Wildman–Crippen LogP) is 7.44. The van der Waals surface area contributed by atoms with Crippen LogP contribution in [0.1, 0.15) is 48.5 Å². The minimum atomic E-state index is -0.481. The summed E-state index contributed by atoms with van der Waals surface area (Å²) in [6.07, 6.45) is 6.37. The molecule has 1 saturated heterocycles. The van der Waals surface area contributed by atoms with Gasteiger partial charge < -0.3 is 10.2 Å². The smallest absolute Gasteiger partial charge is 0.141 e. The van der Waals surface area contributed by atoms with Gasteiger partial charge in [0.15, 0.2) is 0 Å². The number of rotatable bonds is 8. The lowest BCUT2D eigenvalue weighted by atomic mass is 9.89. The molecule has 1 N–H and O–H groups in total. The molecule has 1 fully saturated rings. The maximum atomic E-state index is 13.7. The Morgan fingerprint density at radius 3 is 2.56 bits per heavy atom. The number of piperidine rings is 1. The van der Waals surface area contributed by atoms with E-state index >= 15 is 0 Å². The van der Waals surface area contributed by atoms with Crippen molar-refractivity contribution < 1.29 is 4.39 Å². The molecule has 0 spiro atoms. The Hall–Kier alpha value is -3.59. The van der Waals surface area contributed by atoms with Gasteiger partial charge in [0.2, 0.25) is 0 Å². The largest absolute Gasteiger partial charge is 0.340 e. The molecule has 1 atom stereocenters. The van der Waals surface area contributed by atoms with Gasteiger partial charge in [-0.2, -0.15) is 0 Å². The zero-order chi connectivity index (χ0) is 28.3. The van der Waals surface area contributed by atoms with Crippen LogP contribution in [0.5, 0.6) is 0 Å². The summed E-state index contributed by atoms with van der Waals surface area (Å²) in [6, 6.07) is 19.2. The van der Waals surface area contributed by atoms with Gasteiger partial charge in [-0.3, -0.25) is 0 Å². The van der Waals surface area contributed by atoms with Crippen LogP contribution in [0.2, 0.25) is 10.0 Å². The summed E-state index contributed by atoms with van der Waals surface area (Å²) < 4.78 is 15.8. The Labute approximate surface area is 248 Å². The molecule has 0 saturated carbocycles. The first kappa shape index (κ1) is 27.6. The zero-order valence-electron chi connectivity index (χ0n) is 22.6. The van der Waals surface area contributed by atoms with Crippen LogP contribution in [0.25, 0.3) is 10.9 Å². The Kier molecular flexibility index (Phi) is 8.14. The van der Waals surface area contributed by atoms with Crippen molar-refractivity contribution in [2.24, 2.45) is 0 Å². The number of nitrogens with one attached hydrogen (secondary N) is 1. The second-order valence-corrected chi connectivity index (χ2v) is 11.2. The second-order valence-electron chi connectivity index (χ2n) is 10.4. The van der Waals surface area contributed by atoms with E-state index in [1.165, 1.54) is 18.5 Å². The van der Waals surface area contributed by atoms with Gasteiger partial charge in [0.05, 0.1) is 27.3 Å². The van der Waals surface area contributed by atoms with E-state index < -0.39 is 5.82 Å². The zero-order valence-corrected chi connectivity index (χ0v) is 24.2. The Morgan fingerprint density at radius 1 is 1.00 bits per heavy atom. The summed E-state index contributed by atoms with van der Waals surface area (Å²) in [5.74, 6) is 0.0543. The molecule has 0 bridgehead atoms. The number of nitrogens with zero attached hydrogens (tertiary/aromatic N) is 6. The van der Waals surface area contributed by atoms with Gasteiger partial charge in [-0.05, 0) is 67.3 Å². The highest BCUT2D eigenvalue weighted by atomic mass is 35.5. The van der Waals surface area contributed by atoms with Crippen molar-refractivity contribution in [1.82, 2.24) is 29.9 Å². The number of aromatic nitrogens is 5. The van der Waals surface area contributed by atoms with Gasteiger partial charge in [0.1, 0.15) is 18.0 Å². The van der Waals surface area contributed by atoms with Crippen LogP contribution in [-0.2, 0) is 6.42 Å². The summed E-state index contributed by atoms with van der Waals surface area (Å²) in [5, 5.41) is 13.8. The maximum Gasteiger partial charge on any atom is 0.141 e. The molecular formula is C31H30Cl2FN7. The van der Waals surface area contributed by atoms with E-state index in [0.29, 0.717) is 34.5 Å². The van der Waals surface area contributed by atoms with Crippen LogP contribution in [0.4, 0.5) is 15.9 Å². The van der Waals surface area contributed by atoms with Gasteiger partial charge in [-0.25, -0.2) is 19.0 Å². The molecule has 10 heteroatoms. The summed E-state index contributed by atoms with van der Waals surface area (Å²) in [7, 11) is 0. The third kappa shape index (κ3) is 6.05. The molecule has 3 aromatic carbocycles. The van der Waals surface area contributed by atoms with Crippen molar-refractivity contribution in [1.29, 1.82) is 0 Å². The Bertz CT molecular complexity index is 1650. The molecule has 1 aliphatic rings. The average molecular weight is 591 g/mol. The first-order chi connectivity index (χ1) is 20.0. The third-order valence-corrected chi connectivity index (χ3v) is 8.42. The number of halogens is 3. The fourth-order valence-electron chi connectivity index (χ4n) is 5.55. The van der Waals surface area contributed by atoms with E-state index in [4.69, 9.17) is 23.2 Å². The lowest BCUT2D eigenvalue weighted by Crippen LogP contribution is -2.34. The number of hydrogen-bond acceptors (Lipinski definition) is 6. The van der Waals surface area contributed by atoms with Gasteiger partial charge >= 0.3 is 0 Å². The normalized spacial score (nSPS) is 15.3. The average Bonchev–Trinajstić information content (AvgIpc) is 3.49. The summed E-state index contributed by atoms with van der Waals surface area (Å²) in [4.78, 5) is 11.3. The minimum Gasteiger partial charge on any atom is -0.340 e. The molecule has 1 unspecified atom stereocenters. The topological polar surface area (TPSA) is 71.8 Å². The number of hydrogen-bond donors (Lipinski definition) is 1. The lowest BCUT2D eigenvalue weighted by molar-refractivity contribution is 0.186. The summed E-state index contributed by atoms with van der Waals surface area (Å²) in [6.45, 7) is 5.45. The molecule has 2 aromatic heterocycles. The highest BCUT2D eigenvalue weighted by molar-refractivity contribution is 6.35. The lowest BCUT2D eigenvalue weighted by Gasteiger charge is -2.30. The molecule has 0 amide bonds. The SMILES string of the molecule is CCN1CCC(n2cc(C(Cc3cc(Cl)c4ncnc(Nc5ccc(F)c(Cl)c5)c4c3)c3ccccc3)nn2)CC1. The number of likely N-dealkylation sites (tertiary alicyclic amines) is 1. The maximum absolute atomic E-state index is 13.7. The van der Waals surface area contributed by atoms with Crippen LogP contribution >= 0.6 is 23.2 Å². The quantitative estimate of drug-likeness (QED) is 0.203. The van der Waals surface area contributed by atoms with Crippen molar-refractivity contribution in [3.8, 4) is 0 Å². The highest BCUT2D eigenvalue weighted by Gasteiger charge is 2.24. The third-order valence-electron chi connectivity index (χ3n) is 7.84. The number of benzene rings is 3. The molecule has 0 radical (unpaired) electrons. The van der Waals surface area contributed by atoms with Crippen LogP contribution < -0.4 is 5.32 Å². The standard InChI is InChI=1S/C31H30Cl2FN7/c1-2-40-12-10-23(11-13-40)41-18-29(38-39-41)24(21-6-4-3-5-7-21)14-20-15-25-30(27(33)16-20)35-19-36-31(25)37-22-8-9-28(34)26(32)17-22/h3-9,15-19,23-24H,2,10-14H2,1H3,(H,35,36,37). The van der Waals surface area contributed by atoms with Crippen molar-refractivity contribution in [3.63, 3.8) is 0 Å². The van der Waals surface area contributed by atoms with Gasteiger partial charge in [-0.15, -0.1) is 5.10 Å². The van der Waals surface area contributed by atoms with Gasteiger partial charge in [-0.1, -0.05) is 65.7 Å². The van der Waals surface area contributed by atoms with E-state index in [1.54, 1.807) is 6.07 Å². The van der Waals surface area contributed by atoms with Crippen LogP contribution in [-0.4, -0.2) is 49.5 Å². The van der Waals surface area contributed by atoms with Crippen molar-refractivity contribution >= 4 is 45.6 Å². The van der Waals surface area contributed by atoms with Crippen LogP contribution in [0.15, 0.2) is 73.2 Å². The molecule has 1 aliphatic heterocycles. The molecule has 3 heterocycles. The van der Waals surface area contributed by atoms with E-state index in [9.17, 15) is 4.39 Å². The Morgan fingerprint density at radius 2 is 1.80 bits per heavy atom. The number of fused-ring (bicyclic) bond motifs is 1. The molecule has 5 aromatic rings. The van der Waals surface area contributed by atoms with Crippen LogP contribution in [0, 0.1) is 5.82 Å². The predicted molar refractivity (Wildman–Crippen MR) is 162 cm³/mol. The fraction of sp³-hybridized carbons (Fsp3) is 0.290.